The zero-order valence-corrected chi connectivity index (χ0v) is 13.1. The third kappa shape index (κ3) is 3.60. The first-order chi connectivity index (χ1) is 11.3. The fourth-order valence-electron chi connectivity index (χ4n) is 2.88. The number of H-pyrrole nitrogens is 1. The Balaban J connectivity index is 1.65. The molecule has 3 rings (SSSR count). The molecule has 2 aromatic rings. The molecule has 1 atom stereocenters. The SMILES string of the molecule is Cc1cc(CC(=O)N2CCC[C@@H](c3ncc(C(F)(F)F)[nH]3)C2)no1. The lowest BCUT2D eigenvalue weighted by molar-refractivity contribution is -0.141. The van der Waals surface area contributed by atoms with Crippen LogP contribution in [0.3, 0.4) is 0 Å². The Kier molecular flexibility index (Phi) is 4.33. The molecule has 1 amide bonds. The van der Waals surface area contributed by atoms with Gasteiger partial charge in [-0.25, -0.2) is 4.98 Å². The minimum atomic E-state index is -4.44. The summed E-state index contributed by atoms with van der Waals surface area (Å²) in [4.78, 5) is 20.2. The fourth-order valence-corrected chi connectivity index (χ4v) is 2.88. The van der Waals surface area contributed by atoms with Crippen LogP contribution in [0, 0.1) is 6.92 Å². The van der Waals surface area contributed by atoms with E-state index in [9.17, 15) is 18.0 Å². The Hall–Kier alpha value is -2.32. The highest BCUT2D eigenvalue weighted by Crippen LogP contribution is 2.31. The van der Waals surface area contributed by atoms with Gasteiger partial charge in [-0.05, 0) is 19.8 Å². The molecule has 130 valence electrons. The number of nitrogens with zero attached hydrogens (tertiary/aromatic N) is 3. The molecule has 1 N–H and O–H groups in total. The summed E-state index contributed by atoms with van der Waals surface area (Å²) in [6.45, 7) is 2.67. The summed E-state index contributed by atoms with van der Waals surface area (Å²) >= 11 is 0. The normalized spacial score (nSPS) is 18.8. The predicted octanol–water partition coefficient (Wildman–Crippen LogP) is 2.67. The van der Waals surface area contributed by atoms with Gasteiger partial charge in [0.15, 0.2) is 0 Å². The molecular weight excluding hydrogens is 325 g/mol. The van der Waals surface area contributed by atoms with Crippen molar-refractivity contribution in [2.45, 2.75) is 38.3 Å². The summed E-state index contributed by atoms with van der Waals surface area (Å²) in [5.41, 5.74) is -0.309. The van der Waals surface area contributed by atoms with E-state index < -0.39 is 11.9 Å². The maximum absolute atomic E-state index is 12.7. The van der Waals surface area contributed by atoms with Crippen LogP contribution in [0.25, 0.3) is 0 Å². The van der Waals surface area contributed by atoms with E-state index in [1.165, 1.54) is 0 Å². The number of aryl methyl sites for hydroxylation is 1. The molecule has 2 aromatic heterocycles. The first-order valence-corrected chi connectivity index (χ1v) is 7.65. The largest absolute Gasteiger partial charge is 0.432 e. The van der Waals surface area contributed by atoms with E-state index in [4.69, 9.17) is 4.52 Å². The van der Waals surface area contributed by atoms with Crippen LogP contribution < -0.4 is 0 Å². The Morgan fingerprint density at radius 3 is 2.92 bits per heavy atom. The van der Waals surface area contributed by atoms with Crippen molar-refractivity contribution in [2.75, 3.05) is 13.1 Å². The van der Waals surface area contributed by atoms with Crippen molar-refractivity contribution < 1.29 is 22.5 Å². The van der Waals surface area contributed by atoms with Crippen molar-refractivity contribution in [3.8, 4) is 0 Å². The Labute approximate surface area is 136 Å². The number of piperidine rings is 1. The number of hydrogen-bond acceptors (Lipinski definition) is 4. The average Bonchev–Trinajstić information content (AvgIpc) is 3.16. The number of halogens is 3. The van der Waals surface area contributed by atoms with Gasteiger partial charge >= 0.3 is 6.18 Å². The van der Waals surface area contributed by atoms with Crippen molar-refractivity contribution >= 4 is 5.91 Å². The summed E-state index contributed by atoms with van der Waals surface area (Å²) in [5.74, 6) is 0.565. The topological polar surface area (TPSA) is 75.0 Å². The van der Waals surface area contributed by atoms with Crippen LogP contribution in [0.5, 0.6) is 0 Å². The van der Waals surface area contributed by atoms with Gasteiger partial charge < -0.3 is 14.4 Å². The van der Waals surface area contributed by atoms with Crippen molar-refractivity contribution in [3.63, 3.8) is 0 Å². The average molecular weight is 342 g/mol. The van der Waals surface area contributed by atoms with Crippen LogP contribution >= 0.6 is 0 Å². The molecule has 9 heteroatoms. The molecule has 0 saturated carbocycles. The zero-order chi connectivity index (χ0) is 17.3. The molecule has 0 aliphatic carbocycles. The Bertz CT molecular complexity index is 722. The molecule has 1 saturated heterocycles. The summed E-state index contributed by atoms with van der Waals surface area (Å²) in [5, 5.41) is 3.79. The van der Waals surface area contributed by atoms with Crippen molar-refractivity contribution in [1.82, 2.24) is 20.0 Å². The molecule has 0 aromatic carbocycles. The number of carbonyl (C=O) groups excluding carboxylic acids is 1. The predicted molar refractivity (Wildman–Crippen MR) is 77.1 cm³/mol. The summed E-state index contributed by atoms with van der Waals surface area (Å²) in [6, 6.07) is 1.70. The molecule has 0 bridgehead atoms. The number of alkyl halides is 3. The third-order valence-electron chi connectivity index (χ3n) is 4.07. The summed E-state index contributed by atoms with van der Waals surface area (Å²) < 4.78 is 42.9. The van der Waals surface area contributed by atoms with Crippen molar-refractivity contribution in [2.24, 2.45) is 0 Å². The van der Waals surface area contributed by atoms with Gasteiger partial charge in [0.05, 0.1) is 18.3 Å². The van der Waals surface area contributed by atoms with Crippen LogP contribution in [0.4, 0.5) is 13.2 Å². The number of aromatic amines is 1. The molecular formula is C15H17F3N4O2. The molecule has 1 aliphatic rings. The number of likely N-dealkylation sites (tertiary alicyclic amines) is 1. The number of carbonyl (C=O) groups is 1. The van der Waals surface area contributed by atoms with Crippen LogP contribution in [0.1, 0.15) is 41.7 Å². The van der Waals surface area contributed by atoms with Crippen LogP contribution in [0.2, 0.25) is 0 Å². The second-order valence-corrected chi connectivity index (χ2v) is 5.96. The Morgan fingerprint density at radius 1 is 1.50 bits per heavy atom. The van der Waals surface area contributed by atoms with Gasteiger partial charge in [0.25, 0.3) is 0 Å². The molecule has 3 heterocycles. The number of nitrogens with one attached hydrogen (secondary N) is 1. The van der Waals surface area contributed by atoms with Gasteiger partial charge in [0.2, 0.25) is 5.91 Å². The standard InChI is InChI=1S/C15H17F3N4O2/c1-9-5-11(21-24-9)6-13(23)22-4-2-3-10(8-22)14-19-7-12(20-14)15(16,17)18/h5,7,10H,2-4,6,8H2,1H3,(H,19,20)/t10-/m1/s1. The number of rotatable bonds is 3. The second-order valence-electron chi connectivity index (χ2n) is 5.96. The van der Waals surface area contributed by atoms with Gasteiger partial charge in [0.1, 0.15) is 17.3 Å². The van der Waals surface area contributed by atoms with E-state index in [1.807, 2.05) is 0 Å². The molecule has 0 radical (unpaired) electrons. The van der Waals surface area contributed by atoms with Crippen molar-refractivity contribution in [1.29, 1.82) is 0 Å². The van der Waals surface area contributed by atoms with Crippen LogP contribution in [-0.2, 0) is 17.4 Å². The lowest BCUT2D eigenvalue weighted by Crippen LogP contribution is -2.40. The number of imidazole rings is 1. The highest BCUT2D eigenvalue weighted by Gasteiger charge is 2.34. The van der Waals surface area contributed by atoms with E-state index in [1.54, 1.807) is 17.9 Å². The second kappa shape index (κ2) is 6.29. The molecule has 6 nitrogen and oxygen atoms in total. The smallest absolute Gasteiger partial charge is 0.361 e. The monoisotopic (exact) mass is 342 g/mol. The minimum Gasteiger partial charge on any atom is -0.361 e. The first-order valence-electron chi connectivity index (χ1n) is 7.65. The maximum atomic E-state index is 12.7. The van der Waals surface area contributed by atoms with Crippen molar-refractivity contribution in [3.05, 3.63) is 35.2 Å². The van der Waals surface area contributed by atoms with Gasteiger partial charge in [0, 0.05) is 25.1 Å². The Morgan fingerprint density at radius 2 is 2.29 bits per heavy atom. The van der Waals surface area contributed by atoms with Gasteiger partial charge in [-0.2, -0.15) is 13.2 Å². The molecule has 1 fully saturated rings. The summed E-state index contributed by atoms with van der Waals surface area (Å²) in [7, 11) is 0. The highest BCUT2D eigenvalue weighted by molar-refractivity contribution is 5.78. The van der Waals surface area contributed by atoms with E-state index in [0.29, 0.717) is 31.0 Å². The molecule has 1 aliphatic heterocycles. The summed E-state index contributed by atoms with van der Waals surface area (Å²) in [6.07, 6.45) is -2.11. The number of aromatic nitrogens is 3. The zero-order valence-electron chi connectivity index (χ0n) is 13.1. The maximum Gasteiger partial charge on any atom is 0.432 e. The lowest BCUT2D eigenvalue weighted by atomic mass is 9.97. The van der Waals surface area contributed by atoms with E-state index in [-0.39, 0.29) is 24.1 Å². The number of amides is 1. The minimum absolute atomic E-state index is 0.115. The first kappa shape index (κ1) is 16.5. The lowest BCUT2D eigenvalue weighted by Gasteiger charge is -2.31. The van der Waals surface area contributed by atoms with Gasteiger partial charge in [-0.1, -0.05) is 5.16 Å². The van der Waals surface area contributed by atoms with Gasteiger partial charge in [-0.3, -0.25) is 4.79 Å². The van der Waals surface area contributed by atoms with Crippen LogP contribution in [-0.4, -0.2) is 39.0 Å². The van der Waals surface area contributed by atoms with Gasteiger partial charge in [-0.15, -0.1) is 0 Å². The molecule has 0 spiro atoms. The molecule has 0 unspecified atom stereocenters. The van der Waals surface area contributed by atoms with E-state index in [2.05, 4.69) is 15.1 Å². The third-order valence-corrected chi connectivity index (χ3v) is 4.07. The fraction of sp³-hybridized carbons (Fsp3) is 0.533. The molecule has 24 heavy (non-hydrogen) atoms. The highest BCUT2D eigenvalue weighted by atomic mass is 19.4. The quantitative estimate of drug-likeness (QED) is 0.930. The van der Waals surface area contributed by atoms with Crippen LogP contribution in [0.15, 0.2) is 16.8 Å². The van der Waals surface area contributed by atoms with E-state index >= 15 is 0 Å². The number of hydrogen-bond donors (Lipinski definition) is 1. The van der Waals surface area contributed by atoms with E-state index in [0.717, 1.165) is 12.6 Å².